The second-order valence-electron chi connectivity index (χ2n) is 8.10. The molecule has 1 unspecified atom stereocenters. The molecule has 132 valence electrons. The Hall–Kier alpha value is -0.943. The second-order valence-corrected chi connectivity index (χ2v) is 14.6. The summed E-state index contributed by atoms with van der Waals surface area (Å²) in [7, 11) is -1.71. The molecule has 1 aromatic carbocycles. The number of carboxylic acid groups (broad SMARTS) is 1. The molecule has 0 bridgehead atoms. The number of rotatable bonds is 5. The maximum atomic E-state index is 13.6. The number of hydrogen-bond acceptors (Lipinski definition) is 2. The fourth-order valence-corrected chi connectivity index (χ4v) is 6.46. The van der Waals surface area contributed by atoms with E-state index in [4.69, 9.17) is 0 Å². The molecule has 24 heavy (non-hydrogen) atoms. The number of carbonyl (C=O) groups is 2. The number of carboxylic acids is 1. The SMILES string of the molecule is CC([C@@]1(C(=O)c2ccc(Br)cc2)CCCC[C@@H]1C(=O)O)[Si](C)(C)C. The highest BCUT2D eigenvalue weighted by atomic mass is 79.9. The van der Waals surface area contributed by atoms with Crippen molar-refractivity contribution in [2.45, 2.75) is 57.8 Å². The monoisotopic (exact) mass is 410 g/mol. The molecule has 1 N–H and O–H groups in total. The summed E-state index contributed by atoms with van der Waals surface area (Å²) in [6.45, 7) is 8.83. The maximum absolute atomic E-state index is 13.6. The minimum atomic E-state index is -1.71. The van der Waals surface area contributed by atoms with Gasteiger partial charge in [0.2, 0.25) is 0 Å². The number of aliphatic carboxylic acids is 1. The Balaban J connectivity index is 2.59. The molecule has 0 amide bonds. The van der Waals surface area contributed by atoms with Gasteiger partial charge >= 0.3 is 5.97 Å². The van der Waals surface area contributed by atoms with Crippen LogP contribution in [0.2, 0.25) is 25.2 Å². The van der Waals surface area contributed by atoms with Gasteiger partial charge in [0.1, 0.15) is 0 Å². The summed E-state index contributed by atoms with van der Waals surface area (Å²) in [5.41, 5.74) is -0.0263. The molecule has 5 heteroatoms. The number of carbonyl (C=O) groups excluding carboxylic acids is 1. The number of halogens is 1. The molecular formula is C19H27BrO3Si. The van der Waals surface area contributed by atoms with Gasteiger partial charge in [0.15, 0.2) is 5.78 Å². The molecular weight excluding hydrogens is 384 g/mol. The molecule has 3 nitrogen and oxygen atoms in total. The van der Waals surface area contributed by atoms with Gasteiger partial charge in [-0.05, 0) is 30.5 Å². The normalized spacial score (nSPS) is 26.0. The predicted molar refractivity (Wildman–Crippen MR) is 103 cm³/mol. The zero-order valence-electron chi connectivity index (χ0n) is 14.9. The third kappa shape index (κ3) is 3.52. The van der Waals surface area contributed by atoms with E-state index in [1.165, 1.54) is 0 Å². The molecule has 1 aliphatic carbocycles. The van der Waals surface area contributed by atoms with Gasteiger partial charge in [-0.15, -0.1) is 0 Å². The largest absolute Gasteiger partial charge is 0.481 e. The highest BCUT2D eigenvalue weighted by Gasteiger charge is 2.56. The van der Waals surface area contributed by atoms with Crippen LogP contribution in [0, 0.1) is 11.3 Å². The average Bonchev–Trinajstić information content (AvgIpc) is 2.53. The highest BCUT2D eigenvalue weighted by molar-refractivity contribution is 9.10. The lowest BCUT2D eigenvalue weighted by molar-refractivity contribution is -0.147. The first kappa shape index (κ1) is 19.4. The van der Waals surface area contributed by atoms with Crippen LogP contribution in [0.4, 0.5) is 0 Å². The lowest BCUT2D eigenvalue weighted by atomic mass is 9.61. The van der Waals surface area contributed by atoms with E-state index in [2.05, 4.69) is 42.5 Å². The summed E-state index contributed by atoms with van der Waals surface area (Å²) in [6, 6.07) is 7.36. The minimum absolute atomic E-state index is 0.0250. The molecule has 1 fully saturated rings. The quantitative estimate of drug-likeness (QED) is 0.505. The lowest BCUT2D eigenvalue weighted by Gasteiger charge is -2.49. The first-order chi connectivity index (χ1) is 11.1. The van der Waals surface area contributed by atoms with Crippen molar-refractivity contribution < 1.29 is 14.7 Å². The van der Waals surface area contributed by atoms with Crippen molar-refractivity contribution in [2.75, 3.05) is 0 Å². The molecule has 0 heterocycles. The van der Waals surface area contributed by atoms with E-state index in [1.54, 1.807) is 0 Å². The third-order valence-electron chi connectivity index (χ3n) is 5.85. The van der Waals surface area contributed by atoms with Crippen LogP contribution in [0.15, 0.2) is 28.7 Å². The Morgan fingerprint density at radius 1 is 1.21 bits per heavy atom. The lowest BCUT2D eigenvalue weighted by Crippen LogP contribution is -2.52. The first-order valence-electron chi connectivity index (χ1n) is 8.64. The molecule has 0 aromatic heterocycles. The Bertz CT molecular complexity index is 620. The number of hydrogen-bond donors (Lipinski definition) is 1. The van der Waals surface area contributed by atoms with Crippen molar-refractivity contribution in [1.29, 1.82) is 0 Å². The van der Waals surface area contributed by atoms with Gasteiger partial charge in [0, 0.05) is 23.5 Å². The van der Waals surface area contributed by atoms with Crippen LogP contribution < -0.4 is 0 Å². The standard InChI is InChI=1S/C19H27BrO3Si/c1-13(24(2,3)4)19(12-6-5-7-16(19)18(22)23)17(21)14-8-10-15(20)11-9-14/h8-11,13,16H,5-7,12H2,1-4H3,(H,22,23)/t13?,16-,19+/m1/s1. The number of benzene rings is 1. The summed E-state index contributed by atoms with van der Waals surface area (Å²) in [5, 5.41) is 9.88. The molecule has 3 atom stereocenters. The van der Waals surface area contributed by atoms with Crippen LogP contribution in [-0.4, -0.2) is 24.9 Å². The van der Waals surface area contributed by atoms with Crippen molar-refractivity contribution in [3.8, 4) is 0 Å². The van der Waals surface area contributed by atoms with Gasteiger partial charge < -0.3 is 5.11 Å². The third-order valence-corrected chi connectivity index (χ3v) is 9.50. The predicted octanol–water partition coefficient (Wildman–Crippen LogP) is 5.62. The van der Waals surface area contributed by atoms with Gasteiger partial charge in [0.25, 0.3) is 0 Å². The van der Waals surface area contributed by atoms with Crippen LogP contribution >= 0.6 is 15.9 Å². The number of Topliss-reactive ketones (excluding diaryl/α,β-unsaturated/α-hetero) is 1. The van der Waals surface area contributed by atoms with Crippen molar-refractivity contribution in [3.05, 3.63) is 34.3 Å². The fourth-order valence-electron chi connectivity index (χ4n) is 4.17. The van der Waals surface area contributed by atoms with Gasteiger partial charge in [-0.2, -0.15) is 0 Å². The molecule has 2 rings (SSSR count). The molecule has 1 aromatic rings. The van der Waals surface area contributed by atoms with Crippen LogP contribution in [0.5, 0.6) is 0 Å². The number of ketones is 1. The summed E-state index contributed by atoms with van der Waals surface area (Å²) in [4.78, 5) is 25.6. The Kier molecular flexibility index (Phi) is 5.75. The van der Waals surface area contributed by atoms with Gasteiger partial charge in [-0.1, -0.05) is 67.5 Å². The fraction of sp³-hybridized carbons (Fsp3) is 0.579. The van der Waals surface area contributed by atoms with Crippen LogP contribution in [0.3, 0.4) is 0 Å². The zero-order valence-corrected chi connectivity index (χ0v) is 17.5. The van der Waals surface area contributed by atoms with Crippen molar-refractivity contribution in [2.24, 2.45) is 11.3 Å². The molecule has 1 saturated carbocycles. The van der Waals surface area contributed by atoms with Crippen molar-refractivity contribution >= 4 is 35.8 Å². The molecule has 0 radical (unpaired) electrons. The van der Waals surface area contributed by atoms with Crippen molar-refractivity contribution in [3.63, 3.8) is 0 Å². The Morgan fingerprint density at radius 3 is 2.29 bits per heavy atom. The Morgan fingerprint density at radius 2 is 1.79 bits per heavy atom. The summed E-state index contributed by atoms with van der Waals surface area (Å²) in [6.07, 6.45) is 3.11. The molecule has 0 spiro atoms. The Labute approximate surface area is 154 Å². The topological polar surface area (TPSA) is 54.4 Å². The van der Waals surface area contributed by atoms with Crippen LogP contribution in [0.25, 0.3) is 0 Å². The summed E-state index contributed by atoms with van der Waals surface area (Å²) in [5.74, 6) is -1.37. The average molecular weight is 411 g/mol. The molecule has 0 saturated heterocycles. The van der Waals surface area contributed by atoms with E-state index in [-0.39, 0.29) is 11.3 Å². The smallest absolute Gasteiger partial charge is 0.307 e. The second kappa shape index (κ2) is 7.12. The van der Waals surface area contributed by atoms with E-state index < -0.39 is 25.4 Å². The zero-order chi connectivity index (χ0) is 18.1. The van der Waals surface area contributed by atoms with Crippen LogP contribution in [0.1, 0.15) is 43.0 Å². The van der Waals surface area contributed by atoms with E-state index in [1.807, 2.05) is 24.3 Å². The van der Waals surface area contributed by atoms with Crippen LogP contribution in [-0.2, 0) is 4.79 Å². The van der Waals surface area contributed by atoms with E-state index in [0.717, 1.165) is 17.3 Å². The van der Waals surface area contributed by atoms with Gasteiger partial charge in [-0.25, -0.2) is 0 Å². The molecule has 1 aliphatic rings. The van der Waals surface area contributed by atoms with E-state index >= 15 is 0 Å². The van der Waals surface area contributed by atoms with E-state index in [9.17, 15) is 14.7 Å². The van der Waals surface area contributed by atoms with Crippen molar-refractivity contribution in [1.82, 2.24) is 0 Å². The summed E-state index contributed by atoms with van der Waals surface area (Å²) >= 11 is 3.40. The van der Waals surface area contributed by atoms with Gasteiger partial charge in [-0.3, -0.25) is 9.59 Å². The molecule has 0 aliphatic heterocycles. The first-order valence-corrected chi connectivity index (χ1v) is 13.0. The van der Waals surface area contributed by atoms with Gasteiger partial charge in [0.05, 0.1) is 5.92 Å². The minimum Gasteiger partial charge on any atom is -0.481 e. The summed E-state index contributed by atoms with van der Waals surface area (Å²) < 4.78 is 0.921. The maximum Gasteiger partial charge on any atom is 0.307 e. The highest BCUT2D eigenvalue weighted by Crippen LogP contribution is 2.55. The van der Waals surface area contributed by atoms with E-state index in [0.29, 0.717) is 18.4 Å².